The number of aliphatic carboxylic acids is 1. The number of nitrogens with one attached hydrogen (secondary N) is 1. The van der Waals surface area contributed by atoms with E-state index in [1.807, 2.05) is 25.1 Å². The van der Waals surface area contributed by atoms with Crippen LogP contribution < -0.4 is 5.32 Å². The van der Waals surface area contributed by atoms with E-state index in [9.17, 15) is 14.3 Å². The van der Waals surface area contributed by atoms with Gasteiger partial charge in [0, 0.05) is 16.3 Å². The van der Waals surface area contributed by atoms with Crippen molar-refractivity contribution in [3.8, 4) is 0 Å². The van der Waals surface area contributed by atoms with Crippen molar-refractivity contribution in [2.45, 2.75) is 19.4 Å². The van der Waals surface area contributed by atoms with Crippen molar-refractivity contribution in [3.63, 3.8) is 0 Å². The second-order valence-electron chi connectivity index (χ2n) is 4.99. The molecule has 21 heavy (non-hydrogen) atoms. The van der Waals surface area contributed by atoms with Gasteiger partial charge in [-0.1, -0.05) is 35.9 Å². The first kappa shape index (κ1) is 15.3. The van der Waals surface area contributed by atoms with E-state index < -0.39 is 17.3 Å². The highest BCUT2D eigenvalue weighted by molar-refractivity contribution is 6.31. The topological polar surface area (TPSA) is 49.3 Å². The van der Waals surface area contributed by atoms with Gasteiger partial charge in [0.1, 0.15) is 5.82 Å². The van der Waals surface area contributed by atoms with Crippen LogP contribution in [0.3, 0.4) is 0 Å². The van der Waals surface area contributed by atoms with Gasteiger partial charge in [-0.05, 0) is 37.6 Å². The molecule has 2 N–H and O–H groups in total. The lowest BCUT2D eigenvalue weighted by atomic mass is 9.91. The average molecular weight is 308 g/mol. The van der Waals surface area contributed by atoms with Gasteiger partial charge in [0.2, 0.25) is 0 Å². The summed E-state index contributed by atoms with van der Waals surface area (Å²) in [5.74, 6) is -1.60. The van der Waals surface area contributed by atoms with E-state index in [4.69, 9.17) is 11.6 Å². The first-order valence-corrected chi connectivity index (χ1v) is 6.75. The fraction of sp³-hybridized carbons (Fsp3) is 0.188. The number of halogens is 2. The summed E-state index contributed by atoms with van der Waals surface area (Å²) >= 11 is 6.02. The maximum Gasteiger partial charge on any atom is 0.333 e. The number of benzene rings is 2. The quantitative estimate of drug-likeness (QED) is 0.890. The van der Waals surface area contributed by atoms with E-state index >= 15 is 0 Å². The number of carboxylic acids is 1. The van der Waals surface area contributed by atoms with Gasteiger partial charge in [0.25, 0.3) is 0 Å². The summed E-state index contributed by atoms with van der Waals surface area (Å²) in [4.78, 5) is 11.8. The normalized spacial score (nSPS) is 13.5. The summed E-state index contributed by atoms with van der Waals surface area (Å²) in [6, 6.07) is 11.0. The maximum atomic E-state index is 13.2. The summed E-state index contributed by atoms with van der Waals surface area (Å²) < 4.78 is 13.2. The molecule has 0 amide bonds. The molecule has 0 heterocycles. The standard InChI is InChI=1S/C16H15ClFNO2/c1-10-5-3-4-6-14(10)19-16(2,15(20)21)12-8-7-11(18)9-13(12)17/h3-9,19H,1-2H3,(H,20,21). The van der Waals surface area contributed by atoms with E-state index in [1.165, 1.54) is 19.1 Å². The highest BCUT2D eigenvalue weighted by Crippen LogP contribution is 2.33. The van der Waals surface area contributed by atoms with Gasteiger partial charge in [0.15, 0.2) is 5.54 Å². The highest BCUT2D eigenvalue weighted by Gasteiger charge is 2.37. The molecule has 0 saturated heterocycles. The summed E-state index contributed by atoms with van der Waals surface area (Å²) in [5.41, 5.74) is 0.434. The third-order valence-electron chi connectivity index (χ3n) is 3.43. The number of hydrogen-bond donors (Lipinski definition) is 2. The van der Waals surface area contributed by atoms with Gasteiger partial charge >= 0.3 is 5.97 Å². The van der Waals surface area contributed by atoms with Crippen molar-refractivity contribution in [1.29, 1.82) is 0 Å². The lowest BCUT2D eigenvalue weighted by molar-refractivity contribution is -0.142. The van der Waals surface area contributed by atoms with Crippen LogP contribution in [-0.2, 0) is 10.3 Å². The number of para-hydroxylation sites is 1. The molecule has 1 unspecified atom stereocenters. The van der Waals surface area contributed by atoms with Gasteiger partial charge < -0.3 is 10.4 Å². The van der Waals surface area contributed by atoms with E-state index in [0.717, 1.165) is 11.6 Å². The smallest absolute Gasteiger partial charge is 0.333 e. The van der Waals surface area contributed by atoms with Crippen molar-refractivity contribution in [1.82, 2.24) is 0 Å². The zero-order valence-electron chi connectivity index (χ0n) is 11.7. The Bertz CT molecular complexity index is 690. The fourth-order valence-electron chi connectivity index (χ4n) is 2.11. The van der Waals surface area contributed by atoms with Crippen LogP contribution in [0.2, 0.25) is 5.02 Å². The van der Waals surface area contributed by atoms with Crippen molar-refractivity contribution < 1.29 is 14.3 Å². The van der Waals surface area contributed by atoms with Gasteiger partial charge in [-0.15, -0.1) is 0 Å². The largest absolute Gasteiger partial charge is 0.479 e. The Labute approximate surface area is 127 Å². The molecule has 3 nitrogen and oxygen atoms in total. The van der Waals surface area contributed by atoms with Crippen LogP contribution >= 0.6 is 11.6 Å². The molecule has 5 heteroatoms. The molecule has 0 radical (unpaired) electrons. The van der Waals surface area contributed by atoms with E-state index in [2.05, 4.69) is 5.32 Å². The van der Waals surface area contributed by atoms with Crippen molar-refractivity contribution in [2.75, 3.05) is 5.32 Å². The minimum absolute atomic E-state index is 0.0704. The molecule has 0 bridgehead atoms. The Morgan fingerprint density at radius 2 is 1.95 bits per heavy atom. The Balaban J connectivity index is 2.51. The van der Waals surface area contributed by atoms with Crippen LogP contribution in [0.5, 0.6) is 0 Å². The number of rotatable bonds is 4. The van der Waals surface area contributed by atoms with Crippen molar-refractivity contribution >= 4 is 23.3 Å². The number of anilines is 1. The van der Waals surface area contributed by atoms with Crippen LogP contribution in [0.1, 0.15) is 18.1 Å². The first-order chi connectivity index (χ1) is 9.84. The lowest BCUT2D eigenvalue weighted by Crippen LogP contribution is -2.41. The Hall–Kier alpha value is -2.07. The first-order valence-electron chi connectivity index (χ1n) is 6.37. The fourth-order valence-corrected chi connectivity index (χ4v) is 2.47. The molecular formula is C16H15ClFNO2. The van der Waals surface area contributed by atoms with E-state index in [-0.39, 0.29) is 5.02 Å². The zero-order chi connectivity index (χ0) is 15.6. The van der Waals surface area contributed by atoms with E-state index in [0.29, 0.717) is 11.3 Å². The van der Waals surface area contributed by atoms with Gasteiger partial charge in [-0.3, -0.25) is 0 Å². The molecule has 110 valence electrons. The molecule has 2 aromatic rings. The summed E-state index contributed by atoms with van der Waals surface area (Å²) in [6.45, 7) is 3.37. The average Bonchev–Trinajstić information content (AvgIpc) is 2.41. The molecular weight excluding hydrogens is 293 g/mol. The predicted octanol–water partition coefficient (Wildman–Crippen LogP) is 4.20. The molecule has 1 atom stereocenters. The Morgan fingerprint density at radius 3 is 2.52 bits per heavy atom. The molecule has 0 aromatic heterocycles. The van der Waals surface area contributed by atoms with Crippen LogP contribution in [0.15, 0.2) is 42.5 Å². The van der Waals surface area contributed by atoms with Crippen LogP contribution in [0.4, 0.5) is 10.1 Å². The second-order valence-corrected chi connectivity index (χ2v) is 5.40. The third kappa shape index (κ3) is 3.00. The lowest BCUT2D eigenvalue weighted by Gasteiger charge is -2.29. The van der Waals surface area contributed by atoms with Gasteiger partial charge in [0.05, 0.1) is 0 Å². The Kier molecular flexibility index (Phi) is 4.19. The molecule has 0 spiro atoms. The SMILES string of the molecule is Cc1ccccc1NC(C)(C(=O)O)c1ccc(F)cc1Cl. The number of hydrogen-bond acceptors (Lipinski definition) is 2. The second kappa shape index (κ2) is 5.74. The third-order valence-corrected chi connectivity index (χ3v) is 3.74. The summed E-state index contributed by atoms with van der Waals surface area (Å²) in [6.07, 6.45) is 0. The molecule has 0 aliphatic rings. The Morgan fingerprint density at radius 1 is 1.29 bits per heavy atom. The van der Waals surface area contributed by atoms with Gasteiger partial charge in [-0.2, -0.15) is 0 Å². The van der Waals surface area contributed by atoms with Gasteiger partial charge in [-0.25, -0.2) is 9.18 Å². The predicted molar refractivity (Wildman–Crippen MR) is 81.2 cm³/mol. The molecule has 2 aromatic carbocycles. The van der Waals surface area contributed by atoms with Crippen molar-refractivity contribution in [2.24, 2.45) is 0 Å². The van der Waals surface area contributed by atoms with Crippen LogP contribution in [-0.4, -0.2) is 11.1 Å². The summed E-state index contributed by atoms with van der Waals surface area (Å²) in [5, 5.41) is 12.7. The molecule has 2 rings (SSSR count). The molecule has 0 fully saturated rings. The number of carboxylic acid groups (broad SMARTS) is 1. The minimum Gasteiger partial charge on any atom is -0.479 e. The number of carbonyl (C=O) groups is 1. The van der Waals surface area contributed by atoms with Crippen LogP contribution in [0.25, 0.3) is 0 Å². The van der Waals surface area contributed by atoms with Crippen molar-refractivity contribution in [3.05, 3.63) is 64.4 Å². The molecule has 0 aliphatic carbocycles. The number of aryl methyl sites for hydroxylation is 1. The zero-order valence-corrected chi connectivity index (χ0v) is 12.4. The minimum atomic E-state index is -1.46. The molecule has 0 aliphatic heterocycles. The monoisotopic (exact) mass is 307 g/mol. The van der Waals surface area contributed by atoms with Crippen LogP contribution in [0, 0.1) is 12.7 Å². The maximum absolute atomic E-state index is 13.2. The van der Waals surface area contributed by atoms with E-state index in [1.54, 1.807) is 6.07 Å². The summed E-state index contributed by atoms with van der Waals surface area (Å²) in [7, 11) is 0. The molecule has 0 saturated carbocycles. The highest BCUT2D eigenvalue weighted by atomic mass is 35.5.